The molecule has 112 valence electrons. The molecule has 0 unspecified atom stereocenters. The Kier molecular flexibility index (Phi) is 3.27. The standard InChI is InChI=1S/C15H24N2O3/c1-15(2,3)20-14(19)17-11-7-5-9-16-8-4-6-10(12(11)16)13(17)18/h10-12H,4-9H2,1-3H3/t10-,11+,12-/m1/s1. The lowest BCUT2D eigenvalue weighted by molar-refractivity contribution is -0.131. The van der Waals surface area contributed by atoms with Crippen molar-refractivity contribution in [2.24, 2.45) is 5.92 Å². The number of imide groups is 1. The third kappa shape index (κ3) is 2.22. The van der Waals surface area contributed by atoms with Gasteiger partial charge in [-0.15, -0.1) is 0 Å². The van der Waals surface area contributed by atoms with Gasteiger partial charge in [-0.25, -0.2) is 9.69 Å². The monoisotopic (exact) mass is 280 g/mol. The Balaban J connectivity index is 1.84. The van der Waals surface area contributed by atoms with Crippen LogP contribution in [-0.4, -0.2) is 52.6 Å². The van der Waals surface area contributed by atoms with Crippen LogP contribution in [0.4, 0.5) is 4.79 Å². The molecule has 5 nitrogen and oxygen atoms in total. The maximum atomic E-state index is 12.6. The van der Waals surface area contributed by atoms with Gasteiger partial charge in [0.25, 0.3) is 0 Å². The molecule has 2 amide bonds. The van der Waals surface area contributed by atoms with E-state index in [1.165, 1.54) is 4.90 Å². The topological polar surface area (TPSA) is 49.9 Å². The quantitative estimate of drug-likeness (QED) is 0.681. The molecule has 3 rings (SSSR count). The Morgan fingerprint density at radius 1 is 1.20 bits per heavy atom. The highest BCUT2D eigenvalue weighted by Gasteiger charge is 2.55. The van der Waals surface area contributed by atoms with E-state index in [2.05, 4.69) is 4.90 Å². The summed E-state index contributed by atoms with van der Waals surface area (Å²) in [6.45, 7) is 7.64. The summed E-state index contributed by atoms with van der Waals surface area (Å²) in [6, 6.07) is 0.258. The van der Waals surface area contributed by atoms with Crippen molar-refractivity contribution in [1.29, 1.82) is 0 Å². The number of rotatable bonds is 0. The molecule has 3 atom stereocenters. The highest BCUT2D eigenvalue weighted by molar-refractivity contribution is 5.96. The number of carbonyl (C=O) groups is 2. The lowest BCUT2D eigenvalue weighted by atomic mass is 9.84. The molecule has 0 aromatic carbocycles. The number of piperidine rings is 2. The molecule has 20 heavy (non-hydrogen) atoms. The van der Waals surface area contributed by atoms with Crippen LogP contribution in [-0.2, 0) is 9.53 Å². The predicted octanol–water partition coefficient (Wildman–Crippen LogP) is 2.01. The Bertz CT molecular complexity index is 427. The normalized spacial score (nSPS) is 34.0. The highest BCUT2D eigenvalue weighted by atomic mass is 16.6. The van der Waals surface area contributed by atoms with Gasteiger partial charge >= 0.3 is 6.09 Å². The lowest BCUT2D eigenvalue weighted by Crippen LogP contribution is -2.54. The molecule has 0 radical (unpaired) electrons. The zero-order valence-corrected chi connectivity index (χ0v) is 12.6. The zero-order valence-electron chi connectivity index (χ0n) is 12.6. The van der Waals surface area contributed by atoms with E-state index in [0.29, 0.717) is 0 Å². The molecule has 3 heterocycles. The Morgan fingerprint density at radius 2 is 1.85 bits per heavy atom. The van der Waals surface area contributed by atoms with Crippen molar-refractivity contribution < 1.29 is 14.3 Å². The first kappa shape index (κ1) is 13.9. The van der Waals surface area contributed by atoms with Gasteiger partial charge in [-0.2, -0.15) is 0 Å². The molecule has 0 bridgehead atoms. The van der Waals surface area contributed by atoms with Crippen LogP contribution in [0.1, 0.15) is 46.5 Å². The first-order valence-corrected chi connectivity index (χ1v) is 7.68. The van der Waals surface area contributed by atoms with Crippen molar-refractivity contribution in [1.82, 2.24) is 9.80 Å². The number of ether oxygens (including phenoxy) is 1. The molecule has 0 aromatic rings. The maximum Gasteiger partial charge on any atom is 0.417 e. The highest BCUT2D eigenvalue weighted by Crippen LogP contribution is 2.41. The largest absolute Gasteiger partial charge is 0.443 e. The number of amides is 2. The molecule has 3 fully saturated rings. The second kappa shape index (κ2) is 4.72. The van der Waals surface area contributed by atoms with Gasteiger partial charge in [0, 0.05) is 6.04 Å². The van der Waals surface area contributed by atoms with Crippen LogP contribution in [0.5, 0.6) is 0 Å². The van der Waals surface area contributed by atoms with Gasteiger partial charge in [0.1, 0.15) is 5.60 Å². The smallest absolute Gasteiger partial charge is 0.417 e. The van der Waals surface area contributed by atoms with E-state index < -0.39 is 11.7 Å². The third-order valence-electron chi connectivity index (χ3n) is 4.61. The summed E-state index contributed by atoms with van der Waals surface area (Å²) >= 11 is 0. The fourth-order valence-electron chi connectivity index (χ4n) is 3.97. The van der Waals surface area contributed by atoms with Gasteiger partial charge in [-0.1, -0.05) is 0 Å². The Labute approximate surface area is 120 Å². The fourth-order valence-corrected chi connectivity index (χ4v) is 3.97. The van der Waals surface area contributed by atoms with Gasteiger partial charge in [-0.05, 0) is 59.5 Å². The van der Waals surface area contributed by atoms with E-state index in [0.717, 1.165) is 38.8 Å². The predicted molar refractivity (Wildman–Crippen MR) is 74.2 cm³/mol. The molecular weight excluding hydrogens is 256 g/mol. The molecule has 5 heteroatoms. The van der Waals surface area contributed by atoms with Crippen LogP contribution in [0.3, 0.4) is 0 Å². The van der Waals surface area contributed by atoms with Crippen molar-refractivity contribution in [3.63, 3.8) is 0 Å². The van der Waals surface area contributed by atoms with Crippen LogP contribution >= 0.6 is 0 Å². The minimum Gasteiger partial charge on any atom is -0.443 e. The molecular formula is C15H24N2O3. The number of hydrogen-bond acceptors (Lipinski definition) is 4. The van der Waals surface area contributed by atoms with Gasteiger partial charge in [0.15, 0.2) is 0 Å². The minimum atomic E-state index is -0.556. The maximum absolute atomic E-state index is 12.6. The molecule has 0 saturated carbocycles. The molecule has 3 saturated heterocycles. The second-order valence-corrected chi connectivity index (χ2v) is 7.17. The van der Waals surface area contributed by atoms with Crippen molar-refractivity contribution in [2.45, 2.75) is 64.1 Å². The molecule has 0 spiro atoms. The molecule has 0 aliphatic carbocycles. The fraction of sp³-hybridized carbons (Fsp3) is 0.867. The van der Waals surface area contributed by atoms with Gasteiger partial charge in [-0.3, -0.25) is 9.69 Å². The van der Waals surface area contributed by atoms with Crippen molar-refractivity contribution in [2.75, 3.05) is 13.1 Å². The van der Waals surface area contributed by atoms with E-state index in [-0.39, 0.29) is 23.9 Å². The van der Waals surface area contributed by atoms with Crippen LogP contribution in [0.15, 0.2) is 0 Å². The third-order valence-corrected chi connectivity index (χ3v) is 4.61. The average molecular weight is 280 g/mol. The van der Waals surface area contributed by atoms with E-state index in [1.54, 1.807) is 0 Å². The summed E-state index contributed by atoms with van der Waals surface area (Å²) in [6.07, 6.45) is 3.49. The summed E-state index contributed by atoms with van der Waals surface area (Å²) in [5.41, 5.74) is -0.556. The van der Waals surface area contributed by atoms with E-state index in [1.807, 2.05) is 20.8 Å². The van der Waals surface area contributed by atoms with E-state index >= 15 is 0 Å². The first-order chi connectivity index (χ1) is 9.38. The van der Waals surface area contributed by atoms with Crippen molar-refractivity contribution in [3.05, 3.63) is 0 Å². The SMILES string of the molecule is CC(C)(C)OC(=O)N1C(=O)[C@@H]2CCCN3CCC[C@H]1[C@@H]23. The average Bonchev–Trinajstić information content (AvgIpc) is 2.63. The van der Waals surface area contributed by atoms with Crippen LogP contribution in [0, 0.1) is 5.92 Å². The van der Waals surface area contributed by atoms with Gasteiger partial charge in [0.2, 0.25) is 5.91 Å². The summed E-state index contributed by atoms with van der Waals surface area (Å²) in [5, 5.41) is 0. The van der Waals surface area contributed by atoms with Crippen molar-refractivity contribution >= 4 is 12.0 Å². The second-order valence-electron chi connectivity index (χ2n) is 7.17. The van der Waals surface area contributed by atoms with E-state index in [4.69, 9.17) is 4.74 Å². The molecule has 3 aliphatic heterocycles. The molecule has 0 N–H and O–H groups in total. The molecule has 0 aromatic heterocycles. The number of likely N-dealkylation sites (tertiary alicyclic amines) is 1. The van der Waals surface area contributed by atoms with E-state index in [9.17, 15) is 9.59 Å². The van der Waals surface area contributed by atoms with Crippen LogP contribution in [0.2, 0.25) is 0 Å². The van der Waals surface area contributed by atoms with Crippen molar-refractivity contribution in [3.8, 4) is 0 Å². The lowest BCUT2D eigenvalue weighted by Gasteiger charge is -2.43. The number of hydrogen-bond donors (Lipinski definition) is 0. The van der Waals surface area contributed by atoms with Crippen LogP contribution in [0.25, 0.3) is 0 Å². The Morgan fingerprint density at radius 3 is 2.50 bits per heavy atom. The number of nitrogens with zero attached hydrogens (tertiary/aromatic N) is 2. The summed E-state index contributed by atoms with van der Waals surface area (Å²) in [4.78, 5) is 28.8. The van der Waals surface area contributed by atoms with Crippen LogP contribution < -0.4 is 0 Å². The molecule has 3 aliphatic rings. The first-order valence-electron chi connectivity index (χ1n) is 7.68. The summed E-state index contributed by atoms with van der Waals surface area (Å²) < 4.78 is 5.44. The minimum absolute atomic E-state index is 0.00145. The zero-order chi connectivity index (χ0) is 14.5. The summed E-state index contributed by atoms with van der Waals surface area (Å²) in [7, 11) is 0. The van der Waals surface area contributed by atoms with Gasteiger partial charge in [0.05, 0.1) is 12.0 Å². The van der Waals surface area contributed by atoms with Gasteiger partial charge < -0.3 is 4.74 Å². The summed E-state index contributed by atoms with van der Waals surface area (Å²) in [5.74, 6) is -0.0116. The number of carbonyl (C=O) groups excluding carboxylic acids is 2. The Hall–Kier alpha value is -1.10.